The highest BCUT2D eigenvalue weighted by atomic mass is 16.5. The van der Waals surface area contributed by atoms with Crippen LogP contribution in [0, 0.1) is 5.92 Å². The summed E-state index contributed by atoms with van der Waals surface area (Å²) in [4.78, 5) is 12.2. The van der Waals surface area contributed by atoms with Crippen LogP contribution in [0.4, 0.5) is 0 Å². The molecule has 0 saturated carbocycles. The summed E-state index contributed by atoms with van der Waals surface area (Å²) in [7, 11) is 1.52. The maximum absolute atomic E-state index is 12.2. The highest BCUT2D eigenvalue weighted by molar-refractivity contribution is 5.98. The van der Waals surface area contributed by atoms with Gasteiger partial charge in [-0.25, -0.2) is 0 Å². The molecule has 0 unspecified atom stereocenters. The van der Waals surface area contributed by atoms with Crippen LogP contribution in [0.2, 0.25) is 0 Å². The van der Waals surface area contributed by atoms with Gasteiger partial charge in [-0.1, -0.05) is 46.5 Å². The van der Waals surface area contributed by atoms with Gasteiger partial charge in [0.2, 0.25) is 0 Å². The fourth-order valence-corrected chi connectivity index (χ4v) is 2.82. The van der Waals surface area contributed by atoms with Crippen molar-refractivity contribution in [2.75, 3.05) is 7.11 Å². The number of hydrogen-bond donors (Lipinski definition) is 3. The van der Waals surface area contributed by atoms with Crippen LogP contribution in [-0.4, -0.2) is 40.7 Å². The Morgan fingerprint density at radius 3 is 2.45 bits per heavy atom. The molecular weight excluding hydrogens is 282 g/mol. The lowest BCUT2D eigenvalue weighted by molar-refractivity contribution is -0.126. The van der Waals surface area contributed by atoms with Gasteiger partial charge in [-0.2, -0.15) is 0 Å². The van der Waals surface area contributed by atoms with Crippen LogP contribution in [0.1, 0.15) is 59.8 Å². The first-order valence-electron chi connectivity index (χ1n) is 8.21. The molecule has 1 aliphatic rings. The minimum absolute atomic E-state index is 0.0145. The average Bonchev–Trinajstić information content (AvgIpc) is 2.81. The van der Waals surface area contributed by atoms with Gasteiger partial charge in [0.05, 0.1) is 5.60 Å². The van der Waals surface area contributed by atoms with E-state index >= 15 is 0 Å². The molecule has 0 radical (unpaired) electrons. The molecule has 5 heteroatoms. The quantitative estimate of drug-likeness (QED) is 0.570. The summed E-state index contributed by atoms with van der Waals surface area (Å²) in [6.45, 7) is 7.56. The number of rotatable bonds is 9. The molecule has 3 atom stereocenters. The third-order valence-corrected chi connectivity index (χ3v) is 4.56. The number of amides is 1. The van der Waals surface area contributed by atoms with Crippen molar-refractivity contribution in [1.82, 2.24) is 5.32 Å². The first kappa shape index (κ1) is 19.1. The van der Waals surface area contributed by atoms with E-state index in [1.165, 1.54) is 7.11 Å². The lowest BCUT2D eigenvalue weighted by atomic mass is 9.87. The Morgan fingerprint density at radius 1 is 1.36 bits per heavy atom. The van der Waals surface area contributed by atoms with Crippen molar-refractivity contribution >= 4 is 5.91 Å². The maximum Gasteiger partial charge on any atom is 0.252 e. The van der Waals surface area contributed by atoms with E-state index in [2.05, 4.69) is 12.2 Å². The monoisotopic (exact) mass is 313 g/mol. The van der Waals surface area contributed by atoms with Gasteiger partial charge >= 0.3 is 0 Å². The van der Waals surface area contributed by atoms with Gasteiger partial charge in [0.25, 0.3) is 5.91 Å². The number of carbonyl (C=O) groups excluding carboxylic acids is 1. The van der Waals surface area contributed by atoms with Crippen molar-refractivity contribution in [2.24, 2.45) is 5.92 Å². The van der Waals surface area contributed by atoms with E-state index in [0.29, 0.717) is 6.42 Å². The highest BCUT2D eigenvalue weighted by Gasteiger charge is 2.45. The lowest BCUT2D eigenvalue weighted by Crippen LogP contribution is -2.48. The molecule has 1 amide bonds. The lowest BCUT2D eigenvalue weighted by Gasteiger charge is -2.30. The molecular formula is C17H31NO4. The van der Waals surface area contributed by atoms with Crippen LogP contribution in [0.15, 0.2) is 11.6 Å². The van der Waals surface area contributed by atoms with E-state index in [4.69, 9.17) is 4.74 Å². The molecule has 1 rings (SSSR count). The zero-order chi connectivity index (χ0) is 17.0. The number of aliphatic hydroxyl groups is 2. The van der Waals surface area contributed by atoms with Crippen LogP contribution < -0.4 is 5.32 Å². The Labute approximate surface area is 133 Å². The topological polar surface area (TPSA) is 78.8 Å². The molecule has 0 saturated heterocycles. The molecule has 128 valence electrons. The molecule has 1 heterocycles. The molecule has 22 heavy (non-hydrogen) atoms. The number of unbranched alkanes of at least 4 members (excludes halogenated alkanes) is 3. The fourth-order valence-electron chi connectivity index (χ4n) is 2.82. The summed E-state index contributed by atoms with van der Waals surface area (Å²) in [6.07, 6.45) is 4.92. The molecule has 0 bridgehead atoms. The number of aliphatic hydroxyl groups excluding tert-OH is 1. The average molecular weight is 313 g/mol. The summed E-state index contributed by atoms with van der Waals surface area (Å²) in [5.74, 6) is -0.363. The van der Waals surface area contributed by atoms with Crippen molar-refractivity contribution in [2.45, 2.75) is 77.2 Å². The van der Waals surface area contributed by atoms with Crippen molar-refractivity contribution < 1.29 is 19.7 Å². The Balaban J connectivity index is 2.84. The number of methoxy groups -OCH3 is 1. The minimum Gasteiger partial charge on any atom is -0.387 e. The van der Waals surface area contributed by atoms with E-state index < -0.39 is 17.4 Å². The largest absolute Gasteiger partial charge is 0.387 e. The standard InChI is InChI=1S/C17H31NO4/c1-6-7-8-9-10-16(4,21)14(19)13-11-17(22-5,12(2)3)18-15(13)20/h11-12,14,19,21H,6-10H2,1-5H3,(H,18,20)/t14-,16-,17+/m0/s1. The van der Waals surface area contributed by atoms with Crippen molar-refractivity contribution in [3.8, 4) is 0 Å². The van der Waals surface area contributed by atoms with E-state index in [1.807, 2.05) is 13.8 Å². The second kappa shape index (κ2) is 7.57. The van der Waals surface area contributed by atoms with E-state index in [9.17, 15) is 15.0 Å². The SMILES string of the molecule is CCCCCC[C@](C)(O)[C@@H](O)C1=C[C@@](OC)(C(C)C)NC1=O. The summed E-state index contributed by atoms with van der Waals surface area (Å²) < 4.78 is 5.44. The predicted molar refractivity (Wildman–Crippen MR) is 86.2 cm³/mol. The number of nitrogens with one attached hydrogen (secondary N) is 1. The van der Waals surface area contributed by atoms with Crippen LogP contribution in [-0.2, 0) is 9.53 Å². The third-order valence-electron chi connectivity index (χ3n) is 4.56. The third kappa shape index (κ3) is 4.09. The van der Waals surface area contributed by atoms with Gasteiger partial charge in [0, 0.05) is 18.6 Å². The molecule has 1 aliphatic heterocycles. The van der Waals surface area contributed by atoms with Crippen molar-refractivity contribution in [1.29, 1.82) is 0 Å². The summed E-state index contributed by atoms with van der Waals surface area (Å²) in [5, 5.41) is 23.8. The molecule has 0 aromatic heterocycles. The highest BCUT2D eigenvalue weighted by Crippen LogP contribution is 2.32. The van der Waals surface area contributed by atoms with Crippen LogP contribution >= 0.6 is 0 Å². The van der Waals surface area contributed by atoms with E-state index in [-0.39, 0.29) is 17.4 Å². The van der Waals surface area contributed by atoms with Gasteiger partial charge in [-0.15, -0.1) is 0 Å². The molecule has 0 aromatic carbocycles. The fraction of sp³-hybridized carbons (Fsp3) is 0.824. The zero-order valence-electron chi connectivity index (χ0n) is 14.5. The van der Waals surface area contributed by atoms with E-state index in [0.717, 1.165) is 25.7 Å². The first-order chi connectivity index (χ1) is 10.2. The predicted octanol–water partition coefficient (Wildman–Crippen LogP) is 2.12. The number of carbonyl (C=O) groups is 1. The number of hydrogen-bond acceptors (Lipinski definition) is 4. The summed E-state index contributed by atoms with van der Waals surface area (Å²) in [6, 6.07) is 0. The Kier molecular flexibility index (Phi) is 6.59. The van der Waals surface area contributed by atoms with Crippen molar-refractivity contribution in [3.63, 3.8) is 0 Å². The number of ether oxygens (including phenoxy) is 1. The summed E-state index contributed by atoms with van der Waals surface area (Å²) in [5.41, 5.74) is -2.04. The maximum atomic E-state index is 12.2. The zero-order valence-corrected chi connectivity index (χ0v) is 14.5. The Morgan fingerprint density at radius 2 is 2.00 bits per heavy atom. The van der Waals surface area contributed by atoms with Gasteiger partial charge in [0.15, 0.2) is 5.72 Å². The minimum atomic E-state index is -1.32. The van der Waals surface area contributed by atoms with E-state index in [1.54, 1.807) is 13.0 Å². The Bertz CT molecular complexity index is 417. The van der Waals surface area contributed by atoms with Crippen LogP contribution in [0.3, 0.4) is 0 Å². The molecule has 0 aliphatic carbocycles. The normalized spacial score (nSPS) is 25.8. The Hall–Kier alpha value is -0.910. The van der Waals surface area contributed by atoms with Crippen LogP contribution in [0.25, 0.3) is 0 Å². The molecule has 0 spiro atoms. The smallest absolute Gasteiger partial charge is 0.252 e. The second-order valence-corrected chi connectivity index (χ2v) is 6.78. The summed E-state index contributed by atoms with van der Waals surface area (Å²) >= 11 is 0. The van der Waals surface area contributed by atoms with Gasteiger partial charge in [0.1, 0.15) is 6.10 Å². The first-order valence-corrected chi connectivity index (χ1v) is 8.21. The second-order valence-electron chi connectivity index (χ2n) is 6.78. The van der Waals surface area contributed by atoms with Gasteiger partial charge < -0.3 is 20.3 Å². The van der Waals surface area contributed by atoms with Crippen LogP contribution in [0.5, 0.6) is 0 Å². The molecule has 0 fully saturated rings. The van der Waals surface area contributed by atoms with Crippen molar-refractivity contribution in [3.05, 3.63) is 11.6 Å². The van der Waals surface area contributed by atoms with Gasteiger partial charge in [-0.3, -0.25) is 4.79 Å². The molecule has 0 aromatic rings. The molecule has 5 nitrogen and oxygen atoms in total. The van der Waals surface area contributed by atoms with Gasteiger partial charge in [-0.05, 0) is 19.4 Å². The molecule has 3 N–H and O–H groups in total.